The number of hydrogen-bond acceptors (Lipinski definition) is 5. The highest BCUT2D eigenvalue weighted by atomic mass is 19.1. The van der Waals surface area contributed by atoms with Gasteiger partial charge in [-0.1, -0.05) is 20.8 Å². The number of nitrogens with zero attached hydrogens (tertiary/aromatic N) is 1. The monoisotopic (exact) mass is 298 g/mol. The third kappa shape index (κ3) is 4.14. The van der Waals surface area contributed by atoms with Crippen molar-refractivity contribution in [1.29, 1.82) is 0 Å². The zero-order valence-corrected chi connectivity index (χ0v) is 12.5. The molecule has 0 spiro atoms. The molecule has 0 radical (unpaired) electrons. The maximum absolute atomic E-state index is 13.7. The van der Waals surface area contributed by atoms with Crippen molar-refractivity contribution in [2.24, 2.45) is 5.41 Å². The zero-order valence-electron chi connectivity index (χ0n) is 12.5. The Morgan fingerprint density at radius 3 is 2.57 bits per heavy atom. The number of nitrogens with one attached hydrogen (secondary N) is 1. The van der Waals surface area contributed by atoms with Crippen LogP contribution in [0.1, 0.15) is 37.6 Å². The highest BCUT2D eigenvalue weighted by Crippen LogP contribution is 2.30. The number of anilines is 1. The summed E-state index contributed by atoms with van der Waals surface area (Å²) in [6.07, 6.45) is 0.860. The predicted octanol–water partition coefficient (Wildman–Crippen LogP) is 3.37. The van der Waals surface area contributed by atoms with Crippen LogP contribution in [0, 0.1) is 21.3 Å². The van der Waals surface area contributed by atoms with Gasteiger partial charge in [-0.15, -0.1) is 0 Å². The Labute approximate surface area is 122 Å². The molecule has 0 bridgehead atoms. The van der Waals surface area contributed by atoms with Crippen LogP contribution >= 0.6 is 0 Å². The number of carbonyl (C=O) groups is 1. The Morgan fingerprint density at radius 2 is 2.10 bits per heavy atom. The Morgan fingerprint density at radius 1 is 1.48 bits per heavy atom. The van der Waals surface area contributed by atoms with E-state index in [1.807, 2.05) is 20.8 Å². The number of nitro groups is 1. The van der Waals surface area contributed by atoms with E-state index in [1.165, 1.54) is 0 Å². The first kappa shape index (κ1) is 16.9. The molecule has 0 saturated carbocycles. The van der Waals surface area contributed by atoms with Crippen molar-refractivity contribution in [1.82, 2.24) is 0 Å². The van der Waals surface area contributed by atoms with Gasteiger partial charge in [-0.05, 0) is 17.9 Å². The van der Waals surface area contributed by atoms with Gasteiger partial charge in [-0.2, -0.15) is 0 Å². The van der Waals surface area contributed by atoms with E-state index in [2.05, 4.69) is 10.1 Å². The number of ether oxygens (including phenoxy) is 1. The molecular formula is C14H19FN2O4. The molecule has 0 atom stereocenters. The van der Waals surface area contributed by atoms with Crippen molar-refractivity contribution in [3.8, 4) is 0 Å². The van der Waals surface area contributed by atoms with Crippen LogP contribution in [0.25, 0.3) is 0 Å². The smallest absolute Gasteiger partial charge is 0.340 e. The first-order valence-corrected chi connectivity index (χ1v) is 6.52. The quantitative estimate of drug-likeness (QED) is 0.494. The summed E-state index contributed by atoms with van der Waals surface area (Å²) < 4.78 is 18.2. The van der Waals surface area contributed by atoms with E-state index in [-0.39, 0.29) is 16.7 Å². The molecule has 0 fully saturated rings. The van der Waals surface area contributed by atoms with E-state index in [0.717, 1.165) is 25.7 Å². The number of halogens is 1. The van der Waals surface area contributed by atoms with Crippen LogP contribution in [0.4, 0.5) is 15.8 Å². The maximum atomic E-state index is 13.7. The third-order valence-corrected chi connectivity index (χ3v) is 3.40. The average molecular weight is 298 g/mol. The lowest BCUT2D eigenvalue weighted by molar-refractivity contribution is -0.384. The van der Waals surface area contributed by atoms with Crippen LogP contribution in [-0.2, 0) is 4.74 Å². The first-order chi connectivity index (χ1) is 9.71. The molecular weight excluding hydrogens is 279 g/mol. The molecule has 21 heavy (non-hydrogen) atoms. The Kier molecular flexibility index (Phi) is 5.23. The van der Waals surface area contributed by atoms with Gasteiger partial charge in [0.25, 0.3) is 5.69 Å². The Hall–Kier alpha value is -2.18. The largest absolute Gasteiger partial charge is 0.465 e. The van der Waals surface area contributed by atoms with Crippen molar-refractivity contribution in [2.75, 3.05) is 19.0 Å². The van der Waals surface area contributed by atoms with Gasteiger partial charge in [-0.25, -0.2) is 9.18 Å². The summed E-state index contributed by atoms with van der Waals surface area (Å²) in [7, 11) is 1.12. The molecule has 0 heterocycles. The summed E-state index contributed by atoms with van der Waals surface area (Å²) in [5.41, 5.74) is -0.733. The highest BCUT2D eigenvalue weighted by molar-refractivity contribution is 5.91. The van der Waals surface area contributed by atoms with Crippen LogP contribution < -0.4 is 5.32 Å². The van der Waals surface area contributed by atoms with Gasteiger partial charge in [0.05, 0.1) is 23.7 Å². The van der Waals surface area contributed by atoms with Gasteiger partial charge < -0.3 is 10.1 Å². The van der Waals surface area contributed by atoms with Gasteiger partial charge in [0.1, 0.15) is 11.5 Å². The van der Waals surface area contributed by atoms with E-state index in [9.17, 15) is 19.3 Å². The van der Waals surface area contributed by atoms with E-state index in [4.69, 9.17) is 0 Å². The molecule has 7 heteroatoms. The summed E-state index contributed by atoms with van der Waals surface area (Å²) in [4.78, 5) is 21.8. The molecule has 0 aliphatic heterocycles. The average Bonchev–Trinajstić information content (AvgIpc) is 2.44. The van der Waals surface area contributed by atoms with Gasteiger partial charge in [-0.3, -0.25) is 10.1 Å². The molecule has 1 rings (SSSR count). The normalized spacial score (nSPS) is 11.1. The van der Waals surface area contributed by atoms with Gasteiger partial charge in [0, 0.05) is 6.54 Å². The number of hydrogen-bond donors (Lipinski definition) is 1. The number of nitro benzene ring substituents is 1. The second-order valence-electron chi connectivity index (χ2n) is 5.47. The van der Waals surface area contributed by atoms with Crippen LogP contribution in [0.15, 0.2) is 12.1 Å². The SMILES string of the molecule is CCC(C)(C)CNc1cc(C(=O)OC)c(F)cc1[N+](=O)[O-]. The predicted molar refractivity (Wildman–Crippen MR) is 77.0 cm³/mol. The van der Waals surface area contributed by atoms with Crippen molar-refractivity contribution in [3.63, 3.8) is 0 Å². The van der Waals surface area contributed by atoms with E-state index in [0.29, 0.717) is 6.54 Å². The number of carbonyl (C=O) groups excluding carboxylic acids is 1. The molecule has 0 aliphatic rings. The van der Waals surface area contributed by atoms with E-state index in [1.54, 1.807) is 0 Å². The summed E-state index contributed by atoms with van der Waals surface area (Å²) in [5.74, 6) is -1.85. The number of rotatable bonds is 6. The summed E-state index contributed by atoms with van der Waals surface area (Å²) in [6, 6.07) is 1.85. The molecule has 0 amide bonds. The summed E-state index contributed by atoms with van der Waals surface area (Å²) >= 11 is 0. The minimum atomic E-state index is -0.978. The van der Waals surface area contributed by atoms with Gasteiger partial charge in [0.15, 0.2) is 0 Å². The first-order valence-electron chi connectivity index (χ1n) is 6.52. The van der Waals surface area contributed by atoms with Gasteiger partial charge in [0.2, 0.25) is 0 Å². The second-order valence-corrected chi connectivity index (χ2v) is 5.47. The molecule has 1 aromatic carbocycles. The van der Waals surface area contributed by atoms with Crippen molar-refractivity contribution < 1.29 is 18.8 Å². The topological polar surface area (TPSA) is 81.5 Å². The van der Waals surface area contributed by atoms with Crippen molar-refractivity contribution >= 4 is 17.3 Å². The van der Waals surface area contributed by atoms with Crippen LogP contribution in [0.3, 0.4) is 0 Å². The molecule has 0 aromatic heterocycles. The lowest BCUT2D eigenvalue weighted by Crippen LogP contribution is -2.22. The fourth-order valence-corrected chi connectivity index (χ4v) is 1.58. The van der Waals surface area contributed by atoms with E-state index >= 15 is 0 Å². The molecule has 6 nitrogen and oxygen atoms in total. The molecule has 0 aliphatic carbocycles. The lowest BCUT2D eigenvalue weighted by Gasteiger charge is -2.23. The van der Waals surface area contributed by atoms with Crippen LogP contribution in [0.5, 0.6) is 0 Å². The van der Waals surface area contributed by atoms with Crippen molar-refractivity contribution in [2.45, 2.75) is 27.2 Å². The fraction of sp³-hybridized carbons (Fsp3) is 0.500. The molecule has 116 valence electrons. The van der Waals surface area contributed by atoms with Crippen LogP contribution in [-0.4, -0.2) is 24.5 Å². The number of esters is 1. The summed E-state index contributed by atoms with van der Waals surface area (Å²) in [6.45, 7) is 6.45. The minimum Gasteiger partial charge on any atom is -0.465 e. The molecule has 0 saturated heterocycles. The second kappa shape index (κ2) is 6.51. The minimum absolute atomic E-state index is 0.0896. The molecule has 1 aromatic rings. The number of benzene rings is 1. The standard InChI is InChI=1S/C14H19FN2O4/c1-5-14(2,3)8-16-11-6-9(13(18)21-4)10(15)7-12(11)17(19)20/h6-7,16H,5,8H2,1-4H3. The zero-order chi connectivity index (χ0) is 16.2. The van der Waals surface area contributed by atoms with Crippen LogP contribution in [0.2, 0.25) is 0 Å². The maximum Gasteiger partial charge on any atom is 0.340 e. The van der Waals surface area contributed by atoms with Crippen molar-refractivity contribution in [3.05, 3.63) is 33.6 Å². The Bertz CT molecular complexity index is 558. The highest BCUT2D eigenvalue weighted by Gasteiger charge is 2.24. The third-order valence-electron chi connectivity index (χ3n) is 3.40. The van der Waals surface area contributed by atoms with E-state index < -0.39 is 22.4 Å². The Balaban J connectivity index is 3.20. The number of methoxy groups -OCH3 is 1. The molecule has 0 unspecified atom stereocenters. The summed E-state index contributed by atoms with van der Waals surface area (Å²) in [5, 5.41) is 13.9. The molecule has 1 N–H and O–H groups in total. The lowest BCUT2D eigenvalue weighted by atomic mass is 9.90. The van der Waals surface area contributed by atoms with Gasteiger partial charge >= 0.3 is 5.97 Å². The fourth-order valence-electron chi connectivity index (χ4n) is 1.58.